The summed E-state index contributed by atoms with van der Waals surface area (Å²) in [6.07, 6.45) is 0.366. The molecule has 6 heteroatoms. The molecule has 0 saturated heterocycles. The fourth-order valence-corrected chi connectivity index (χ4v) is 3.13. The molecule has 1 amide bonds. The third kappa shape index (κ3) is 5.35. The Kier molecular flexibility index (Phi) is 7.01. The first kappa shape index (κ1) is 21.3. The molecule has 0 fully saturated rings. The molecular formula is C24H24FNO4. The van der Waals surface area contributed by atoms with Crippen LogP contribution < -0.4 is 10.1 Å². The van der Waals surface area contributed by atoms with Crippen molar-refractivity contribution in [3.8, 4) is 5.75 Å². The number of methoxy groups -OCH3 is 1. The maximum absolute atomic E-state index is 13.6. The maximum atomic E-state index is 13.6. The van der Waals surface area contributed by atoms with Gasteiger partial charge in [-0.2, -0.15) is 0 Å². The van der Waals surface area contributed by atoms with Crippen molar-refractivity contribution < 1.29 is 23.5 Å². The lowest BCUT2D eigenvalue weighted by molar-refractivity contribution is -0.149. The number of esters is 1. The van der Waals surface area contributed by atoms with Crippen LogP contribution in [0, 0.1) is 5.82 Å². The average molecular weight is 409 g/mol. The third-order valence-corrected chi connectivity index (χ3v) is 4.94. The van der Waals surface area contributed by atoms with Crippen LogP contribution in [0.3, 0.4) is 0 Å². The largest absolute Gasteiger partial charge is 0.497 e. The van der Waals surface area contributed by atoms with Crippen molar-refractivity contribution in [2.45, 2.75) is 19.3 Å². The van der Waals surface area contributed by atoms with Crippen LogP contribution in [-0.2, 0) is 20.7 Å². The molecule has 1 atom stereocenters. The summed E-state index contributed by atoms with van der Waals surface area (Å²) in [5, 5.41) is 4.63. The van der Waals surface area contributed by atoms with Crippen molar-refractivity contribution >= 4 is 22.6 Å². The Bertz CT molecular complexity index is 1050. The van der Waals surface area contributed by atoms with E-state index in [4.69, 9.17) is 9.47 Å². The van der Waals surface area contributed by atoms with Crippen LogP contribution in [0.4, 0.5) is 4.39 Å². The lowest BCUT2D eigenvalue weighted by atomic mass is 9.98. The number of nitrogens with one attached hydrogen (secondary N) is 1. The van der Waals surface area contributed by atoms with E-state index in [1.54, 1.807) is 32.2 Å². The number of benzene rings is 3. The minimum atomic E-state index is -0.511. The van der Waals surface area contributed by atoms with Gasteiger partial charge in [-0.15, -0.1) is 0 Å². The van der Waals surface area contributed by atoms with Gasteiger partial charge in [0, 0.05) is 6.54 Å². The van der Waals surface area contributed by atoms with Crippen LogP contribution in [0.25, 0.3) is 10.8 Å². The van der Waals surface area contributed by atoms with Crippen LogP contribution >= 0.6 is 0 Å². The molecule has 0 bridgehead atoms. The zero-order chi connectivity index (χ0) is 21.5. The van der Waals surface area contributed by atoms with Crippen LogP contribution in [0.2, 0.25) is 0 Å². The molecule has 3 aromatic rings. The second kappa shape index (κ2) is 9.87. The summed E-state index contributed by atoms with van der Waals surface area (Å²) in [5.41, 5.74) is 1.33. The zero-order valence-electron chi connectivity index (χ0n) is 17.0. The molecule has 5 nitrogen and oxygen atoms in total. The van der Waals surface area contributed by atoms with Crippen LogP contribution in [-0.4, -0.2) is 32.1 Å². The molecule has 0 unspecified atom stereocenters. The summed E-state index contributed by atoms with van der Waals surface area (Å²) in [5.74, 6) is -0.947. The predicted molar refractivity (Wildman–Crippen MR) is 113 cm³/mol. The standard InChI is InChI=1S/C24H24FNO4/c1-16(18-7-8-20-14-21(29-2)10-9-19(20)13-18)24(28)30-15-23(27)26-12-11-17-5-3-4-6-22(17)25/h3-10,13-14,16H,11-12,15H2,1-2H3,(H,26,27)/t16-/m0/s1. The normalized spacial score (nSPS) is 11.7. The molecule has 0 aliphatic heterocycles. The van der Waals surface area contributed by atoms with Gasteiger partial charge in [-0.25, -0.2) is 4.39 Å². The van der Waals surface area contributed by atoms with Gasteiger partial charge < -0.3 is 14.8 Å². The van der Waals surface area contributed by atoms with Crippen LogP contribution in [0.15, 0.2) is 60.7 Å². The molecule has 3 aromatic carbocycles. The topological polar surface area (TPSA) is 64.6 Å². The molecule has 0 saturated carbocycles. The van der Waals surface area contributed by atoms with Crippen molar-refractivity contribution in [2.75, 3.05) is 20.3 Å². The Morgan fingerprint density at radius 1 is 1.03 bits per heavy atom. The molecule has 1 N–H and O–H groups in total. The summed E-state index contributed by atoms with van der Waals surface area (Å²) < 4.78 is 23.9. The molecule has 0 aliphatic carbocycles. The van der Waals surface area contributed by atoms with Crippen molar-refractivity contribution in [3.63, 3.8) is 0 Å². The van der Waals surface area contributed by atoms with Crippen LogP contribution in [0.5, 0.6) is 5.75 Å². The number of hydrogen-bond donors (Lipinski definition) is 1. The second-order valence-electron chi connectivity index (χ2n) is 6.99. The first-order valence-corrected chi connectivity index (χ1v) is 9.72. The van der Waals surface area contributed by atoms with Gasteiger partial charge in [-0.05, 0) is 53.4 Å². The maximum Gasteiger partial charge on any atom is 0.313 e. The minimum Gasteiger partial charge on any atom is -0.497 e. The SMILES string of the molecule is COc1ccc2cc([C@H](C)C(=O)OCC(=O)NCCc3ccccc3F)ccc2c1. The highest BCUT2D eigenvalue weighted by Crippen LogP contribution is 2.25. The van der Waals surface area contributed by atoms with E-state index in [0.29, 0.717) is 12.0 Å². The van der Waals surface area contributed by atoms with E-state index in [1.165, 1.54) is 6.07 Å². The Labute approximate surface area is 174 Å². The number of rotatable bonds is 8. The summed E-state index contributed by atoms with van der Waals surface area (Å²) in [6.45, 7) is 1.63. The molecule has 0 aromatic heterocycles. The Balaban J connectivity index is 1.49. The van der Waals surface area contributed by atoms with Gasteiger partial charge in [0.05, 0.1) is 13.0 Å². The summed E-state index contributed by atoms with van der Waals surface area (Å²) in [6, 6.07) is 17.8. The van der Waals surface area contributed by atoms with Gasteiger partial charge in [0.1, 0.15) is 11.6 Å². The minimum absolute atomic E-state index is 0.265. The lowest BCUT2D eigenvalue weighted by Crippen LogP contribution is -2.31. The van der Waals surface area contributed by atoms with E-state index in [-0.39, 0.29) is 19.0 Å². The van der Waals surface area contributed by atoms with Crippen molar-refractivity contribution in [2.24, 2.45) is 0 Å². The van der Waals surface area contributed by atoms with Gasteiger partial charge in [-0.1, -0.05) is 42.5 Å². The molecule has 156 valence electrons. The van der Waals surface area contributed by atoms with Gasteiger partial charge >= 0.3 is 5.97 Å². The molecule has 30 heavy (non-hydrogen) atoms. The van der Waals surface area contributed by atoms with E-state index >= 15 is 0 Å². The molecule has 3 rings (SSSR count). The Morgan fingerprint density at radius 3 is 2.53 bits per heavy atom. The first-order valence-electron chi connectivity index (χ1n) is 9.72. The predicted octanol–water partition coefficient (Wildman–Crippen LogP) is 3.99. The number of fused-ring (bicyclic) bond motifs is 1. The number of carbonyl (C=O) groups excluding carboxylic acids is 2. The highest BCUT2D eigenvalue weighted by Gasteiger charge is 2.18. The third-order valence-electron chi connectivity index (χ3n) is 4.94. The summed E-state index contributed by atoms with van der Waals surface area (Å²) >= 11 is 0. The van der Waals surface area contributed by atoms with Crippen molar-refractivity contribution in [3.05, 3.63) is 77.6 Å². The smallest absolute Gasteiger partial charge is 0.313 e. The monoisotopic (exact) mass is 409 g/mol. The van der Waals surface area contributed by atoms with E-state index in [0.717, 1.165) is 22.1 Å². The fourth-order valence-electron chi connectivity index (χ4n) is 3.13. The van der Waals surface area contributed by atoms with E-state index in [9.17, 15) is 14.0 Å². The van der Waals surface area contributed by atoms with Crippen molar-refractivity contribution in [1.29, 1.82) is 0 Å². The van der Waals surface area contributed by atoms with E-state index < -0.39 is 17.8 Å². The zero-order valence-corrected chi connectivity index (χ0v) is 17.0. The molecule has 0 spiro atoms. The molecule has 0 heterocycles. The van der Waals surface area contributed by atoms with Gasteiger partial charge in [0.25, 0.3) is 5.91 Å². The second-order valence-corrected chi connectivity index (χ2v) is 6.99. The first-order chi connectivity index (χ1) is 14.5. The highest BCUT2D eigenvalue weighted by molar-refractivity contribution is 5.87. The molecule has 0 radical (unpaired) electrons. The molecule has 0 aliphatic rings. The fraction of sp³-hybridized carbons (Fsp3) is 0.250. The Hall–Kier alpha value is -3.41. The summed E-state index contributed by atoms with van der Waals surface area (Å²) in [4.78, 5) is 24.3. The lowest BCUT2D eigenvalue weighted by Gasteiger charge is -2.13. The van der Waals surface area contributed by atoms with E-state index in [2.05, 4.69) is 5.32 Å². The van der Waals surface area contributed by atoms with Crippen LogP contribution in [0.1, 0.15) is 24.0 Å². The molecular weight excluding hydrogens is 385 g/mol. The number of amides is 1. The number of halogens is 1. The Morgan fingerprint density at radius 2 is 1.77 bits per heavy atom. The number of hydrogen-bond acceptors (Lipinski definition) is 4. The number of carbonyl (C=O) groups is 2. The highest BCUT2D eigenvalue weighted by atomic mass is 19.1. The number of ether oxygens (including phenoxy) is 2. The van der Waals surface area contributed by atoms with Gasteiger partial charge in [0.15, 0.2) is 6.61 Å². The quantitative estimate of drug-likeness (QED) is 0.572. The average Bonchev–Trinajstić information content (AvgIpc) is 2.77. The van der Waals surface area contributed by atoms with Gasteiger partial charge in [0.2, 0.25) is 0 Å². The van der Waals surface area contributed by atoms with Crippen molar-refractivity contribution in [1.82, 2.24) is 5.32 Å². The summed E-state index contributed by atoms with van der Waals surface area (Å²) in [7, 11) is 1.61. The van der Waals surface area contributed by atoms with Gasteiger partial charge in [-0.3, -0.25) is 9.59 Å². The van der Waals surface area contributed by atoms with E-state index in [1.807, 2.05) is 36.4 Å².